The first kappa shape index (κ1) is 24.8. The summed E-state index contributed by atoms with van der Waals surface area (Å²) in [6, 6.07) is 5.55. The van der Waals surface area contributed by atoms with Gasteiger partial charge in [0.2, 0.25) is 0 Å². The number of nitrogens with one attached hydrogen (secondary N) is 1. The minimum absolute atomic E-state index is 0. The molecule has 0 bridgehead atoms. The molecule has 6 nitrogen and oxygen atoms in total. The minimum atomic E-state index is -0.777. The first-order valence-corrected chi connectivity index (χ1v) is 8.83. The van der Waals surface area contributed by atoms with Crippen LogP contribution >= 0.6 is 24.0 Å². The van der Waals surface area contributed by atoms with Crippen LogP contribution in [0.1, 0.15) is 51.7 Å². The van der Waals surface area contributed by atoms with Crippen molar-refractivity contribution < 1.29 is 14.6 Å². The van der Waals surface area contributed by atoms with Gasteiger partial charge in [-0.3, -0.25) is 4.99 Å². The fourth-order valence-electron chi connectivity index (χ4n) is 2.51. The third-order valence-corrected chi connectivity index (χ3v) is 4.01. The summed E-state index contributed by atoms with van der Waals surface area (Å²) in [6.07, 6.45) is 2.63. The van der Waals surface area contributed by atoms with Crippen molar-refractivity contribution >= 4 is 29.9 Å². The molecule has 0 fully saturated rings. The lowest BCUT2D eigenvalue weighted by molar-refractivity contribution is 0.186. The van der Waals surface area contributed by atoms with Gasteiger partial charge in [-0.2, -0.15) is 0 Å². The summed E-state index contributed by atoms with van der Waals surface area (Å²) in [5.74, 6) is 2.32. The van der Waals surface area contributed by atoms with Gasteiger partial charge in [0.1, 0.15) is 11.5 Å². The lowest BCUT2D eigenvalue weighted by Gasteiger charge is -2.16. The monoisotopic (exact) mass is 479 g/mol. The van der Waals surface area contributed by atoms with Crippen LogP contribution in [0.4, 0.5) is 0 Å². The molecule has 4 N–H and O–H groups in total. The highest BCUT2D eigenvalue weighted by Gasteiger charge is 2.11. The van der Waals surface area contributed by atoms with Crippen LogP contribution in [-0.2, 0) is 0 Å². The van der Waals surface area contributed by atoms with Crippen LogP contribution in [0, 0.1) is 5.92 Å². The lowest BCUT2D eigenvalue weighted by Crippen LogP contribution is -2.38. The molecule has 0 saturated carbocycles. The average molecular weight is 479 g/mol. The van der Waals surface area contributed by atoms with E-state index < -0.39 is 6.10 Å². The van der Waals surface area contributed by atoms with Gasteiger partial charge in [0.15, 0.2) is 5.96 Å². The molecule has 1 rings (SSSR count). The average Bonchev–Trinajstić information content (AvgIpc) is 2.58. The summed E-state index contributed by atoms with van der Waals surface area (Å²) in [4.78, 5) is 4.25. The number of rotatable bonds is 10. The van der Waals surface area contributed by atoms with E-state index in [0.717, 1.165) is 12.8 Å². The van der Waals surface area contributed by atoms with E-state index in [2.05, 4.69) is 31.1 Å². The Kier molecular flexibility index (Phi) is 12.4. The SMILES string of the molecule is COc1cc(OC)cc(C(O)CN=C(N)NC(C)CCCC(C)C)c1.I. The van der Waals surface area contributed by atoms with E-state index in [-0.39, 0.29) is 36.6 Å². The third-order valence-electron chi connectivity index (χ3n) is 4.01. The van der Waals surface area contributed by atoms with Crippen LogP contribution in [-0.4, -0.2) is 37.9 Å². The standard InChI is InChI=1S/C19H33N3O3.HI/c1-13(2)7-6-8-14(3)22-19(20)21-12-18(23)15-9-16(24-4)11-17(10-15)25-5;/h9-11,13-14,18,23H,6-8,12H2,1-5H3,(H3,20,21,22);1H. The molecule has 0 saturated heterocycles. The number of nitrogens with two attached hydrogens (primary N) is 1. The van der Waals surface area contributed by atoms with Crippen molar-refractivity contribution in [1.29, 1.82) is 0 Å². The Labute approximate surface area is 174 Å². The van der Waals surface area contributed by atoms with E-state index in [4.69, 9.17) is 15.2 Å². The molecular formula is C19H34IN3O3. The zero-order valence-corrected chi connectivity index (χ0v) is 18.8. The Morgan fingerprint density at radius 3 is 2.19 bits per heavy atom. The number of benzene rings is 1. The number of hydrogen-bond acceptors (Lipinski definition) is 4. The van der Waals surface area contributed by atoms with Crippen molar-refractivity contribution in [2.75, 3.05) is 20.8 Å². The second kappa shape index (κ2) is 13.0. The Hall–Kier alpha value is -1.22. The molecule has 0 amide bonds. The van der Waals surface area contributed by atoms with Crippen molar-refractivity contribution in [3.8, 4) is 11.5 Å². The molecule has 2 atom stereocenters. The topological polar surface area (TPSA) is 89.1 Å². The van der Waals surface area contributed by atoms with Gasteiger partial charge in [-0.15, -0.1) is 24.0 Å². The zero-order valence-electron chi connectivity index (χ0n) is 16.5. The van der Waals surface area contributed by atoms with Crippen LogP contribution in [0.25, 0.3) is 0 Å². The second-order valence-electron chi connectivity index (χ2n) is 6.76. The van der Waals surface area contributed by atoms with Crippen molar-refractivity contribution in [1.82, 2.24) is 5.32 Å². The maximum atomic E-state index is 10.3. The van der Waals surface area contributed by atoms with Crippen LogP contribution in [0.3, 0.4) is 0 Å². The van der Waals surface area contributed by atoms with Crippen LogP contribution < -0.4 is 20.5 Å². The molecule has 7 heteroatoms. The smallest absolute Gasteiger partial charge is 0.188 e. The fourth-order valence-corrected chi connectivity index (χ4v) is 2.51. The largest absolute Gasteiger partial charge is 0.497 e. The van der Waals surface area contributed by atoms with Gasteiger partial charge in [0, 0.05) is 12.1 Å². The number of methoxy groups -OCH3 is 2. The molecule has 26 heavy (non-hydrogen) atoms. The van der Waals surface area contributed by atoms with Crippen molar-refractivity contribution in [2.45, 2.75) is 52.2 Å². The summed E-state index contributed by atoms with van der Waals surface area (Å²) in [5, 5.41) is 13.5. The summed E-state index contributed by atoms with van der Waals surface area (Å²) >= 11 is 0. The van der Waals surface area contributed by atoms with E-state index in [1.165, 1.54) is 6.42 Å². The van der Waals surface area contributed by atoms with Gasteiger partial charge in [-0.05, 0) is 37.0 Å². The summed E-state index contributed by atoms with van der Waals surface area (Å²) in [7, 11) is 3.15. The number of guanidine groups is 1. The van der Waals surface area contributed by atoms with Gasteiger partial charge in [0.05, 0.1) is 26.9 Å². The molecule has 0 aromatic heterocycles. The van der Waals surface area contributed by atoms with Crippen molar-refractivity contribution in [3.63, 3.8) is 0 Å². The second-order valence-corrected chi connectivity index (χ2v) is 6.76. The molecule has 150 valence electrons. The van der Waals surface area contributed by atoms with E-state index >= 15 is 0 Å². The number of aliphatic hydroxyl groups is 1. The predicted molar refractivity (Wildman–Crippen MR) is 118 cm³/mol. The van der Waals surface area contributed by atoms with Gasteiger partial charge in [0.25, 0.3) is 0 Å². The van der Waals surface area contributed by atoms with Crippen LogP contribution in [0.15, 0.2) is 23.2 Å². The summed E-state index contributed by atoms with van der Waals surface area (Å²) in [6.45, 7) is 6.71. The van der Waals surface area contributed by atoms with Gasteiger partial charge >= 0.3 is 0 Å². The Bertz CT molecular complexity index is 531. The Balaban J connectivity index is 0.00000625. The molecular weight excluding hydrogens is 445 g/mol. The van der Waals surface area contributed by atoms with Crippen LogP contribution in [0.5, 0.6) is 11.5 Å². The Morgan fingerprint density at radius 1 is 1.12 bits per heavy atom. The molecule has 2 unspecified atom stereocenters. The molecule has 0 heterocycles. The number of aliphatic hydroxyl groups excluding tert-OH is 1. The first-order chi connectivity index (χ1) is 11.8. The van der Waals surface area contributed by atoms with Gasteiger partial charge < -0.3 is 25.6 Å². The van der Waals surface area contributed by atoms with E-state index in [1.54, 1.807) is 32.4 Å². The fraction of sp³-hybridized carbons (Fsp3) is 0.632. The highest BCUT2D eigenvalue weighted by molar-refractivity contribution is 14.0. The summed E-state index contributed by atoms with van der Waals surface area (Å²) < 4.78 is 10.4. The normalized spacial score (nSPS) is 13.7. The first-order valence-electron chi connectivity index (χ1n) is 8.83. The van der Waals surface area contributed by atoms with E-state index in [0.29, 0.717) is 28.9 Å². The van der Waals surface area contributed by atoms with E-state index in [1.807, 2.05) is 0 Å². The number of hydrogen-bond donors (Lipinski definition) is 3. The molecule has 0 aliphatic carbocycles. The predicted octanol–water partition coefficient (Wildman–Crippen LogP) is 3.47. The maximum absolute atomic E-state index is 10.3. The van der Waals surface area contributed by atoms with Gasteiger partial charge in [-0.1, -0.05) is 26.7 Å². The van der Waals surface area contributed by atoms with Crippen molar-refractivity contribution in [3.05, 3.63) is 23.8 Å². The zero-order chi connectivity index (χ0) is 18.8. The number of ether oxygens (including phenoxy) is 2. The molecule has 0 aliphatic heterocycles. The molecule has 0 spiro atoms. The lowest BCUT2D eigenvalue weighted by atomic mass is 10.0. The van der Waals surface area contributed by atoms with Crippen LogP contribution in [0.2, 0.25) is 0 Å². The quantitative estimate of drug-likeness (QED) is 0.272. The highest BCUT2D eigenvalue weighted by atomic mass is 127. The van der Waals surface area contributed by atoms with E-state index in [9.17, 15) is 5.11 Å². The highest BCUT2D eigenvalue weighted by Crippen LogP contribution is 2.26. The third kappa shape index (κ3) is 9.47. The Morgan fingerprint density at radius 2 is 1.69 bits per heavy atom. The minimum Gasteiger partial charge on any atom is -0.497 e. The number of halogens is 1. The number of aliphatic imine (C=N–C) groups is 1. The van der Waals surface area contributed by atoms with Gasteiger partial charge in [-0.25, -0.2) is 0 Å². The molecule has 1 aromatic carbocycles. The maximum Gasteiger partial charge on any atom is 0.188 e. The van der Waals surface area contributed by atoms with Crippen molar-refractivity contribution in [2.24, 2.45) is 16.6 Å². The molecule has 0 radical (unpaired) electrons. The number of nitrogens with zero attached hydrogens (tertiary/aromatic N) is 1. The molecule has 0 aliphatic rings. The molecule has 1 aromatic rings. The summed E-state index contributed by atoms with van der Waals surface area (Å²) in [5.41, 5.74) is 6.60.